The summed E-state index contributed by atoms with van der Waals surface area (Å²) in [7, 11) is 0. The van der Waals surface area contributed by atoms with Crippen LogP contribution < -0.4 is 0 Å². The Kier molecular flexibility index (Phi) is 3.33. The van der Waals surface area contributed by atoms with Gasteiger partial charge < -0.3 is 4.74 Å². The standard InChI is InChI=1S/C15H24O2/c1-10-6-5-7-15(3,4)13(10)8-12-9-14(16)17-11(12)2/h11-12H,5-9H2,1-4H3/t11-,12+/m1/s1. The average molecular weight is 236 g/mol. The third kappa shape index (κ3) is 2.56. The van der Waals surface area contributed by atoms with Crippen molar-refractivity contribution in [3.05, 3.63) is 11.1 Å². The molecule has 2 rings (SSSR count). The van der Waals surface area contributed by atoms with E-state index < -0.39 is 0 Å². The Morgan fingerprint density at radius 1 is 1.41 bits per heavy atom. The van der Waals surface area contributed by atoms with Crippen LogP contribution in [0.4, 0.5) is 0 Å². The zero-order chi connectivity index (χ0) is 12.6. The minimum atomic E-state index is -0.0191. The smallest absolute Gasteiger partial charge is 0.306 e. The van der Waals surface area contributed by atoms with Crippen LogP contribution in [0.1, 0.15) is 59.8 Å². The van der Waals surface area contributed by atoms with E-state index in [9.17, 15) is 4.79 Å². The highest BCUT2D eigenvalue weighted by Gasteiger charge is 2.36. The van der Waals surface area contributed by atoms with Crippen molar-refractivity contribution in [2.24, 2.45) is 11.3 Å². The minimum absolute atomic E-state index is 0.0191. The molecule has 0 spiro atoms. The summed E-state index contributed by atoms with van der Waals surface area (Å²) in [5.74, 6) is 0.374. The van der Waals surface area contributed by atoms with E-state index in [1.807, 2.05) is 6.92 Å². The number of ether oxygens (including phenoxy) is 1. The molecule has 0 N–H and O–H groups in total. The second kappa shape index (κ2) is 4.47. The Balaban J connectivity index is 2.14. The van der Waals surface area contributed by atoms with Gasteiger partial charge in [-0.3, -0.25) is 4.79 Å². The number of hydrogen-bond donors (Lipinski definition) is 0. The van der Waals surface area contributed by atoms with Crippen LogP contribution in [0, 0.1) is 11.3 Å². The van der Waals surface area contributed by atoms with Crippen molar-refractivity contribution >= 4 is 5.97 Å². The maximum absolute atomic E-state index is 11.3. The van der Waals surface area contributed by atoms with Crippen LogP contribution in [-0.2, 0) is 9.53 Å². The zero-order valence-corrected chi connectivity index (χ0v) is 11.5. The van der Waals surface area contributed by atoms with E-state index in [1.54, 1.807) is 11.1 Å². The van der Waals surface area contributed by atoms with E-state index in [1.165, 1.54) is 19.3 Å². The first-order chi connectivity index (χ1) is 7.90. The van der Waals surface area contributed by atoms with Crippen molar-refractivity contribution in [1.82, 2.24) is 0 Å². The summed E-state index contributed by atoms with van der Waals surface area (Å²) in [5, 5.41) is 0. The van der Waals surface area contributed by atoms with Crippen LogP contribution in [0.2, 0.25) is 0 Å². The fourth-order valence-corrected chi connectivity index (χ4v) is 3.36. The third-order valence-corrected chi connectivity index (χ3v) is 4.56. The number of carbonyl (C=O) groups is 1. The van der Waals surface area contributed by atoms with Gasteiger partial charge in [0.25, 0.3) is 0 Å². The van der Waals surface area contributed by atoms with E-state index in [0.29, 0.717) is 17.8 Å². The van der Waals surface area contributed by atoms with Gasteiger partial charge in [-0.05, 0) is 44.9 Å². The monoisotopic (exact) mass is 236 g/mol. The molecule has 1 aliphatic carbocycles. The van der Waals surface area contributed by atoms with Gasteiger partial charge in [-0.25, -0.2) is 0 Å². The summed E-state index contributed by atoms with van der Waals surface area (Å²) in [4.78, 5) is 11.3. The number of hydrogen-bond acceptors (Lipinski definition) is 2. The molecule has 0 aromatic heterocycles. The fraction of sp³-hybridized carbons (Fsp3) is 0.800. The molecule has 0 amide bonds. The first-order valence-corrected chi connectivity index (χ1v) is 6.79. The van der Waals surface area contributed by atoms with Crippen LogP contribution in [-0.4, -0.2) is 12.1 Å². The van der Waals surface area contributed by atoms with Gasteiger partial charge in [-0.15, -0.1) is 0 Å². The third-order valence-electron chi connectivity index (χ3n) is 4.56. The van der Waals surface area contributed by atoms with Crippen molar-refractivity contribution in [2.45, 2.75) is 65.9 Å². The first kappa shape index (κ1) is 12.7. The maximum atomic E-state index is 11.3. The topological polar surface area (TPSA) is 26.3 Å². The van der Waals surface area contributed by atoms with Crippen molar-refractivity contribution in [1.29, 1.82) is 0 Å². The lowest BCUT2D eigenvalue weighted by atomic mass is 9.69. The Labute approximate surface area is 104 Å². The average Bonchev–Trinajstić information content (AvgIpc) is 2.51. The van der Waals surface area contributed by atoms with Crippen molar-refractivity contribution < 1.29 is 9.53 Å². The van der Waals surface area contributed by atoms with Gasteiger partial charge in [0.1, 0.15) is 6.10 Å². The van der Waals surface area contributed by atoms with Gasteiger partial charge >= 0.3 is 5.97 Å². The van der Waals surface area contributed by atoms with Gasteiger partial charge in [0, 0.05) is 5.92 Å². The van der Waals surface area contributed by atoms with Crippen molar-refractivity contribution in [3.8, 4) is 0 Å². The number of cyclic esters (lactones) is 1. The Morgan fingerprint density at radius 3 is 2.65 bits per heavy atom. The lowest BCUT2D eigenvalue weighted by molar-refractivity contribution is -0.140. The van der Waals surface area contributed by atoms with E-state index in [0.717, 1.165) is 6.42 Å². The molecule has 1 saturated heterocycles. The molecule has 96 valence electrons. The minimum Gasteiger partial charge on any atom is -0.462 e. The van der Waals surface area contributed by atoms with E-state index in [2.05, 4.69) is 20.8 Å². The quantitative estimate of drug-likeness (QED) is 0.537. The second-order valence-electron chi connectivity index (χ2n) is 6.36. The molecule has 2 heteroatoms. The van der Waals surface area contributed by atoms with Crippen LogP contribution in [0.25, 0.3) is 0 Å². The molecule has 0 aromatic carbocycles. The van der Waals surface area contributed by atoms with E-state index in [-0.39, 0.29) is 12.1 Å². The number of allylic oxidation sites excluding steroid dienone is 2. The van der Waals surface area contributed by atoms with E-state index >= 15 is 0 Å². The molecular formula is C15H24O2. The molecule has 0 radical (unpaired) electrons. The van der Waals surface area contributed by atoms with Gasteiger partial charge in [-0.1, -0.05) is 25.0 Å². The van der Waals surface area contributed by atoms with Crippen molar-refractivity contribution in [3.63, 3.8) is 0 Å². The van der Waals surface area contributed by atoms with Gasteiger partial charge in [0.2, 0.25) is 0 Å². The summed E-state index contributed by atoms with van der Waals surface area (Å²) in [6.07, 6.45) is 5.56. The highest BCUT2D eigenvalue weighted by molar-refractivity contribution is 5.72. The van der Waals surface area contributed by atoms with Crippen LogP contribution >= 0.6 is 0 Å². The molecule has 0 unspecified atom stereocenters. The normalized spacial score (nSPS) is 32.8. The van der Waals surface area contributed by atoms with Gasteiger partial charge in [0.05, 0.1) is 6.42 Å². The lowest BCUT2D eigenvalue weighted by Gasteiger charge is -2.36. The van der Waals surface area contributed by atoms with Crippen molar-refractivity contribution in [2.75, 3.05) is 0 Å². The molecule has 2 aliphatic rings. The largest absolute Gasteiger partial charge is 0.462 e. The van der Waals surface area contributed by atoms with Gasteiger partial charge in [0.15, 0.2) is 0 Å². The summed E-state index contributed by atoms with van der Waals surface area (Å²) >= 11 is 0. The highest BCUT2D eigenvalue weighted by Crippen LogP contribution is 2.44. The van der Waals surface area contributed by atoms with Crippen LogP contribution in [0.5, 0.6) is 0 Å². The van der Waals surface area contributed by atoms with Crippen LogP contribution in [0.15, 0.2) is 11.1 Å². The SMILES string of the molecule is CC1=C(C[C@H]2CC(=O)O[C@@H]2C)C(C)(C)CCC1. The summed E-state index contributed by atoms with van der Waals surface area (Å²) in [5.41, 5.74) is 3.44. The summed E-state index contributed by atoms with van der Waals surface area (Å²) in [6, 6.07) is 0. The molecule has 0 aromatic rings. The molecule has 1 fully saturated rings. The molecule has 17 heavy (non-hydrogen) atoms. The first-order valence-electron chi connectivity index (χ1n) is 6.79. The Morgan fingerprint density at radius 2 is 2.12 bits per heavy atom. The second-order valence-corrected chi connectivity index (χ2v) is 6.36. The Hall–Kier alpha value is -0.790. The fourth-order valence-electron chi connectivity index (χ4n) is 3.36. The lowest BCUT2D eigenvalue weighted by Crippen LogP contribution is -2.24. The molecule has 1 heterocycles. The van der Waals surface area contributed by atoms with Crippen LogP contribution in [0.3, 0.4) is 0 Å². The molecule has 2 atom stereocenters. The number of rotatable bonds is 2. The molecular weight excluding hydrogens is 212 g/mol. The maximum Gasteiger partial charge on any atom is 0.306 e. The summed E-state index contributed by atoms with van der Waals surface area (Å²) < 4.78 is 5.26. The molecule has 0 bridgehead atoms. The zero-order valence-electron chi connectivity index (χ0n) is 11.5. The van der Waals surface area contributed by atoms with E-state index in [4.69, 9.17) is 4.74 Å². The predicted octanol–water partition coefficient (Wildman–Crippen LogP) is 3.85. The highest BCUT2D eigenvalue weighted by atomic mass is 16.5. The molecule has 2 nitrogen and oxygen atoms in total. The molecule has 0 saturated carbocycles. The van der Waals surface area contributed by atoms with Gasteiger partial charge in [-0.2, -0.15) is 0 Å². The number of esters is 1. The number of carbonyl (C=O) groups excluding carboxylic acids is 1. The predicted molar refractivity (Wildman–Crippen MR) is 68.6 cm³/mol. The summed E-state index contributed by atoms with van der Waals surface area (Å²) in [6.45, 7) is 8.97. The molecule has 1 aliphatic heterocycles. The Bertz CT molecular complexity index is 352.